The number of nitrogens with zero attached hydrogens (tertiary/aromatic N) is 1. The largest absolute Gasteiger partial charge is 0.496 e. The van der Waals surface area contributed by atoms with Gasteiger partial charge in [-0.25, -0.2) is 0 Å². The van der Waals surface area contributed by atoms with Gasteiger partial charge < -0.3 is 25.1 Å². The molecule has 1 heterocycles. The first-order valence-electron chi connectivity index (χ1n) is 15.2. The Balaban J connectivity index is 1.31. The quantitative estimate of drug-likeness (QED) is 0.321. The predicted molar refractivity (Wildman–Crippen MR) is 162 cm³/mol. The van der Waals surface area contributed by atoms with Crippen molar-refractivity contribution in [2.75, 3.05) is 31.8 Å². The number of carbonyl (C=O) groups excluding carboxylic acids is 1. The monoisotopic (exact) mass is 543 g/mol. The zero-order valence-electron chi connectivity index (χ0n) is 24.2. The normalized spacial score (nSPS) is 22.3. The Morgan fingerprint density at radius 1 is 1.05 bits per heavy atom. The Hall–Kier alpha value is -3.12. The van der Waals surface area contributed by atoms with E-state index in [1.54, 1.807) is 7.11 Å². The maximum atomic E-state index is 14.0. The maximum Gasteiger partial charge on any atom is 0.230 e. The Morgan fingerprint density at radius 3 is 2.48 bits per heavy atom. The van der Waals surface area contributed by atoms with Gasteiger partial charge in [-0.05, 0) is 92.2 Å². The summed E-state index contributed by atoms with van der Waals surface area (Å²) in [5.41, 5.74) is 5.34. The molecule has 40 heavy (non-hydrogen) atoms. The fraction of sp³-hybridized carbons (Fsp3) is 0.529. The molecule has 1 saturated heterocycles. The van der Waals surface area contributed by atoms with Crippen molar-refractivity contribution >= 4 is 23.4 Å². The molecule has 0 atom stereocenters. The summed E-state index contributed by atoms with van der Waals surface area (Å²) in [6.45, 7) is 4.29. The zero-order chi connectivity index (χ0) is 27.9. The van der Waals surface area contributed by atoms with Gasteiger partial charge in [0.2, 0.25) is 5.91 Å². The average Bonchev–Trinajstić information content (AvgIpc) is 2.97. The fourth-order valence-corrected chi connectivity index (χ4v) is 6.59. The lowest BCUT2D eigenvalue weighted by atomic mass is 9.78. The highest BCUT2D eigenvalue weighted by atomic mass is 16.5. The summed E-state index contributed by atoms with van der Waals surface area (Å²) in [6, 6.07) is 15.1. The standard InChI is InChI=1S/C34H45N3O3/c1-24-17-29(15-16-33(24)39-2)26-13-11-25(12-14-26)21-37(34(38)27-7-4-3-5-8-27)32-10-6-9-28(18-32)30(19-35)20-36-31-22-40-23-31/h6,9-10,15-20,25-27,31,35-36H,3-5,7-8,11-14,21-23H2,1-2H3/b30-20+,35-19?. The van der Waals surface area contributed by atoms with Gasteiger partial charge in [-0.15, -0.1) is 0 Å². The number of rotatable bonds is 10. The van der Waals surface area contributed by atoms with Crippen molar-refractivity contribution in [1.29, 1.82) is 5.41 Å². The highest BCUT2D eigenvalue weighted by molar-refractivity contribution is 6.08. The molecule has 3 aliphatic rings. The molecule has 2 aromatic carbocycles. The Kier molecular flexibility index (Phi) is 9.58. The van der Waals surface area contributed by atoms with E-state index in [1.807, 2.05) is 18.3 Å². The molecular formula is C34H45N3O3. The number of amides is 1. The lowest BCUT2D eigenvalue weighted by molar-refractivity contribution is -0.123. The molecule has 3 fully saturated rings. The van der Waals surface area contributed by atoms with Crippen molar-refractivity contribution in [1.82, 2.24) is 5.32 Å². The van der Waals surface area contributed by atoms with Crippen LogP contribution in [0.15, 0.2) is 48.7 Å². The lowest BCUT2D eigenvalue weighted by Gasteiger charge is -2.35. The number of benzene rings is 2. The summed E-state index contributed by atoms with van der Waals surface area (Å²) in [7, 11) is 1.73. The SMILES string of the molecule is COc1ccc(C2CCC(CN(C(=O)C3CCCCC3)c3cccc(/C(C=N)=C/NC4COC4)c3)CC2)cc1C. The third-order valence-electron chi connectivity index (χ3n) is 9.16. The molecule has 5 rings (SSSR count). The molecule has 2 saturated carbocycles. The topological polar surface area (TPSA) is 74.7 Å². The Morgan fingerprint density at radius 2 is 1.82 bits per heavy atom. The van der Waals surface area contributed by atoms with Crippen LogP contribution in [0.5, 0.6) is 5.75 Å². The summed E-state index contributed by atoms with van der Waals surface area (Å²) in [4.78, 5) is 16.1. The van der Waals surface area contributed by atoms with E-state index in [-0.39, 0.29) is 11.8 Å². The van der Waals surface area contributed by atoms with E-state index in [4.69, 9.17) is 14.9 Å². The third-order valence-corrected chi connectivity index (χ3v) is 9.16. The second kappa shape index (κ2) is 13.5. The Bertz CT molecular complexity index is 1190. The van der Waals surface area contributed by atoms with Gasteiger partial charge in [0.25, 0.3) is 0 Å². The van der Waals surface area contributed by atoms with E-state index >= 15 is 0 Å². The van der Waals surface area contributed by atoms with Gasteiger partial charge in [0.1, 0.15) is 5.75 Å². The fourth-order valence-electron chi connectivity index (χ4n) is 6.59. The third kappa shape index (κ3) is 6.77. The molecule has 2 aromatic rings. The molecule has 6 nitrogen and oxygen atoms in total. The van der Waals surface area contributed by atoms with Crippen LogP contribution in [0.4, 0.5) is 5.69 Å². The minimum atomic E-state index is 0.119. The van der Waals surface area contributed by atoms with Crippen LogP contribution in [-0.2, 0) is 9.53 Å². The average molecular weight is 544 g/mol. The lowest BCUT2D eigenvalue weighted by Crippen LogP contribution is -2.43. The highest BCUT2D eigenvalue weighted by Gasteiger charge is 2.31. The van der Waals surface area contributed by atoms with E-state index in [1.165, 1.54) is 23.8 Å². The minimum absolute atomic E-state index is 0.119. The molecule has 0 aromatic heterocycles. The molecule has 0 bridgehead atoms. The Labute approximate surface area is 239 Å². The number of allylic oxidation sites excluding steroid dienone is 1. The number of aryl methyl sites for hydroxylation is 1. The van der Waals surface area contributed by atoms with Gasteiger partial charge in [0.15, 0.2) is 0 Å². The van der Waals surface area contributed by atoms with Crippen molar-refractivity contribution in [3.8, 4) is 5.75 Å². The first-order chi connectivity index (χ1) is 19.6. The van der Waals surface area contributed by atoms with Gasteiger partial charge in [-0.3, -0.25) is 4.79 Å². The first-order valence-corrected chi connectivity index (χ1v) is 15.2. The molecule has 0 radical (unpaired) electrons. The van der Waals surface area contributed by atoms with Crippen LogP contribution in [0, 0.1) is 24.2 Å². The van der Waals surface area contributed by atoms with Gasteiger partial charge in [0.05, 0.1) is 26.4 Å². The van der Waals surface area contributed by atoms with E-state index in [2.05, 4.69) is 47.5 Å². The van der Waals surface area contributed by atoms with Crippen LogP contribution in [0.25, 0.3) is 5.57 Å². The van der Waals surface area contributed by atoms with Gasteiger partial charge >= 0.3 is 0 Å². The highest BCUT2D eigenvalue weighted by Crippen LogP contribution is 2.38. The number of hydrogen-bond acceptors (Lipinski definition) is 5. The summed E-state index contributed by atoms with van der Waals surface area (Å²) < 4.78 is 10.7. The van der Waals surface area contributed by atoms with Crippen molar-refractivity contribution in [3.05, 3.63) is 65.4 Å². The number of hydrogen-bond donors (Lipinski definition) is 2. The second-order valence-electron chi connectivity index (χ2n) is 11.9. The van der Waals surface area contributed by atoms with Crippen molar-refractivity contribution in [2.45, 2.75) is 76.7 Å². The molecule has 1 aliphatic heterocycles. The molecule has 2 N–H and O–H groups in total. The molecule has 0 unspecified atom stereocenters. The van der Waals surface area contributed by atoms with E-state index in [9.17, 15) is 4.79 Å². The second-order valence-corrected chi connectivity index (χ2v) is 11.9. The van der Waals surface area contributed by atoms with Crippen molar-refractivity contribution in [2.24, 2.45) is 11.8 Å². The van der Waals surface area contributed by atoms with Crippen LogP contribution < -0.4 is 15.0 Å². The van der Waals surface area contributed by atoms with Gasteiger partial charge in [-0.2, -0.15) is 0 Å². The summed E-state index contributed by atoms with van der Waals surface area (Å²) in [6.07, 6.45) is 13.4. The van der Waals surface area contributed by atoms with Crippen LogP contribution in [0.1, 0.15) is 80.4 Å². The molecule has 6 heteroatoms. The van der Waals surface area contributed by atoms with Gasteiger partial charge in [-0.1, -0.05) is 43.5 Å². The number of carbonyl (C=O) groups is 1. The smallest absolute Gasteiger partial charge is 0.230 e. The van der Waals surface area contributed by atoms with Gasteiger partial charge in [0, 0.05) is 36.1 Å². The molecule has 214 valence electrons. The number of anilines is 1. The van der Waals surface area contributed by atoms with Crippen molar-refractivity contribution in [3.63, 3.8) is 0 Å². The first kappa shape index (κ1) is 28.4. The summed E-state index contributed by atoms with van der Waals surface area (Å²) >= 11 is 0. The molecule has 0 spiro atoms. The van der Waals surface area contributed by atoms with Crippen LogP contribution >= 0.6 is 0 Å². The van der Waals surface area contributed by atoms with Crippen molar-refractivity contribution < 1.29 is 14.3 Å². The molecular weight excluding hydrogens is 498 g/mol. The molecule has 1 amide bonds. The molecule has 2 aliphatic carbocycles. The van der Waals surface area contributed by atoms with Crippen LogP contribution in [0.2, 0.25) is 0 Å². The summed E-state index contributed by atoms with van der Waals surface area (Å²) in [5, 5.41) is 11.4. The van der Waals surface area contributed by atoms with E-state index in [0.29, 0.717) is 31.1 Å². The summed E-state index contributed by atoms with van der Waals surface area (Å²) in [5.74, 6) is 2.42. The number of nitrogens with one attached hydrogen (secondary N) is 2. The zero-order valence-corrected chi connectivity index (χ0v) is 24.2. The number of ether oxygens (including phenoxy) is 2. The van der Waals surface area contributed by atoms with E-state index in [0.717, 1.165) is 80.5 Å². The number of methoxy groups -OCH3 is 1. The van der Waals surface area contributed by atoms with Crippen LogP contribution in [-0.4, -0.2) is 45.0 Å². The minimum Gasteiger partial charge on any atom is -0.496 e. The van der Waals surface area contributed by atoms with E-state index < -0.39 is 0 Å². The predicted octanol–water partition coefficient (Wildman–Crippen LogP) is 6.87. The van der Waals surface area contributed by atoms with Crippen LogP contribution in [0.3, 0.4) is 0 Å². The maximum absolute atomic E-state index is 14.0.